The molecular formula is C21H16N4O4S2. The average Bonchev–Trinajstić information content (AvgIpc) is 3.54. The predicted molar refractivity (Wildman–Crippen MR) is 117 cm³/mol. The second-order valence-electron chi connectivity index (χ2n) is 6.59. The monoisotopic (exact) mass is 452 g/mol. The highest BCUT2D eigenvalue weighted by Crippen LogP contribution is 2.36. The Bertz CT molecular complexity index is 1230. The summed E-state index contributed by atoms with van der Waals surface area (Å²) >= 11 is 2.57. The minimum atomic E-state index is -0.450. The standard InChI is InChI=1S/C21H16N4O4S2/c1-12(18(26)23-20-22-15(10-30-20)13-5-3-2-4-6-13)31-21-25-24-19(29-21)14-7-8-16-17(9-14)28-11-27-16/h2-10,12H,11H2,1H3,(H,22,23,26). The van der Waals surface area contributed by atoms with Crippen LogP contribution in [-0.2, 0) is 4.79 Å². The Kier molecular flexibility index (Phi) is 5.31. The van der Waals surface area contributed by atoms with E-state index in [4.69, 9.17) is 13.9 Å². The fourth-order valence-electron chi connectivity index (χ4n) is 2.89. The zero-order valence-corrected chi connectivity index (χ0v) is 17.9. The van der Waals surface area contributed by atoms with Gasteiger partial charge in [-0.3, -0.25) is 4.79 Å². The number of fused-ring (bicyclic) bond motifs is 1. The van der Waals surface area contributed by atoms with E-state index in [1.807, 2.05) is 41.8 Å². The number of carbonyl (C=O) groups excluding carboxylic acids is 1. The van der Waals surface area contributed by atoms with Crippen molar-refractivity contribution < 1.29 is 18.7 Å². The van der Waals surface area contributed by atoms with Gasteiger partial charge in [-0.2, -0.15) is 0 Å². The number of nitrogens with one attached hydrogen (secondary N) is 1. The number of anilines is 1. The molecule has 0 fully saturated rings. The van der Waals surface area contributed by atoms with Gasteiger partial charge in [0.2, 0.25) is 18.6 Å². The van der Waals surface area contributed by atoms with E-state index in [0.717, 1.165) is 16.8 Å². The lowest BCUT2D eigenvalue weighted by atomic mass is 10.2. The Morgan fingerprint density at radius 2 is 1.94 bits per heavy atom. The fraction of sp³-hybridized carbons (Fsp3) is 0.143. The van der Waals surface area contributed by atoms with Crippen molar-refractivity contribution >= 4 is 34.1 Å². The number of thioether (sulfide) groups is 1. The molecule has 2 aromatic carbocycles. The van der Waals surface area contributed by atoms with Gasteiger partial charge in [0.25, 0.3) is 5.22 Å². The van der Waals surface area contributed by atoms with E-state index < -0.39 is 5.25 Å². The molecule has 0 aliphatic carbocycles. The predicted octanol–water partition coefficient (Wildman–Crippen LogP) is 4.71. The highest BCUT2D eigenvalue weighted by Gasteiger charge is 2.21. The molecule has 156 valence electrons. The molecule has 4 aromatic rings. The second-order valence-corrected chi connectivity index (χ2v) is 8.74. The van der Waals surface area contributed by atoms with Crippen molar-refractivity contribution in [3.8, 4) is 34.2 Å². The van der Waals surface area contributed by atoms with Crippen LogP contribution in [0.2, 0.25) is 0 Å². The molecule has 0 radical (unpaired) electrons. The first-order chi connectivity index (χ1) is 15.2. The van der Waals surface area contributed by atoms with Crippen molar-refractivity contribution in [2.24, 2.45) is 0 Å². The van der Waals surface area contributed by atoms with E-state index in [2.05, 4.69) is 20.5 Å². The van der Waals surface area contributed by atoms with Crippen LogP contribution in [0, 0.1) is 0 Å². The number of hydrogen-bond acceptors (Lipinski definition) is 9. The molecule has 10 heteroatoms. The topological polar surface area (TPSA) is 99.4 Å². The zero-order chi connectivity index (χ0) is 21.2. The summed E-state index contributed by atoms with van der Waals surface area (Å²) in [6, 6.07) is 15.2. The Hall–Kier alpha value is -3.37. The van der Waals surface area contributed by atoms with Crippen LogP contribution in [0.15, 0.2) is 63.6 Å². The van der Waals surface area contributed by atoms with Gasteiger partial charge in [-0.05, 0) is 25.1 Å². The van der Waals surface area contributed by atoms with Crippen LogP contribution < -0.4 is 14.8 Å². The highest BCUT2D eigenvalue weighted by molar-refractivity contribution is 8.00. The molecule has 0 saturated carbocycles. The van der Waals surface area contributed by atoms with Gasteiger partial charge < -0.3 is 19.2 Å². The van der Waals surface area contributed by atoms with Crippen molar-refractivity contribution in [1.29, 1.82) is 0 Å². The molecular weight excluding hydrogens is 436 g/mol. The number of ether oxygens (including phenoxy) is 2. The Balaban J connectivity index is 1.22. The van der Waals surface area contributed by atoms with E-state index in [-0.39, 0.29) is 12.7 Å². The molecule has 1 amide bonds. The number of amides is 1. The number of benzene rings is 2. The second kappa shape index (κ2) is 8.40. The van der Waals surface area contributed by atoms with Crippen molar-refractivity contribution in [2.45, 2.75) is 17.4 Å². The molecule has 3 heterocycles. The molecule has 5 rings (SSSR count). The normalized spacial score (nSPS) is 13.2. The maximum absolute atomic E-state index is 12.6. The molecule has 0 spiro atoms. The van der Waals surface area contributed by atoms with E-state index in [9.17, 15) is 4.79 Å². The van der Waals surface area contributed by atoms with E-state index in [0.29, 0.717) is 27.7 Å². The van der Waals surface area contributed by atoms with Crippen LogP contribution in [0.4, 0.5) is 5.13 Å². The van der Waals surface area contributed by atoms with Gasteiger partial charge in [-0.1, -0.05) is 42.1 Å². The minimum absolute atomic E-state index is 0.193. The molecule has 1 unspecified atom stereocenters. The third kappa shape index (κ3) is 4.25. The minimum Gasteiger partial charge on any atom is -0.454 e. The van der Waals surface area contributed by atoms with Crippen molar-refractivity contribution in [3.05, 3.63) is 53.9 Å². The van der Waals surface area contributed by atoms with E-state index in [1.165, 1.54) is 23.1 Å². The lowest BCUT2D eigenvalue weighted by Gasteiger charge is -2.07. The van der Waals surface area contributed by atoms with E-state index in [1.54, 1.807) is 19.1 Å². The SMILES string of the molecule is CC(Sc1nnc(-c2ccc3c(c2)OCO3)o1)C(=O)Nc1nc(-c2ccccc2)cs1. The summed E-state index contributed by atoms with van der Waals surface area (Å²) in [5.74, 6) is 1.47. The van der Waals surface area contributed by atoms with Crippen LogP contribution in [0.1, 0.15) is 6.92 Å². The maximum Gasteiger partial charge on any atom is 0.277 e. The third-order valence-electron chi connectivity index (χ3n) is 4.48. The zero-order valence-electron chi connectivity index (χ0n) is 16.3. The van der Waals surface area contributed by atoms with Crippen LogP contribution in [0.25, 0.3) is 22.7 Å². The summed E-state index contributed by atoms with van der Waals surface area (Å²) in [5.41, 5.74) is 2.55. The van der Waals surface area contributed by atoms with Gasteiger partial charge in [0, 0.05) is 16.5 Å². The van der Waals surface area contributed by atoms with Crippen LogP contribution in [-0.4, -0.2) is 33.1 Å². The number of rotatable bonds is 6. The molecule has 1 aliphatic rings. The molecule has 1 N–H and O–H groups in total. The van der Waals surface area contributed by atoms with Gasteiger partial charge in [-0.15, -0.1) is 21.5 Å². The molecule has 0 bridgehead atoms. The van der Waals surface area contributed by atoms with Crippen molar-refractivity contribution in [3.63, 3.8) is 0 Å². The van der Waals surface area contributed by atoms with Gasteiger partial charge in [0.05, 0.1) is 10.9 Å². The number of nitrogens with zero attached hydrogens (tertiary/aromatic N) is 3. The van der Waals surface area contributed by atoms with Gasteiger partial charge in [0.1, 0.15) is 0 Å². The Labute approximate surface area is 185 Å². The lowest BCUT2D eigenvalue weighted by Crippen LogP contribution is -2.22. The maximum atomic E-state index is 12.6. The number of hydrogen-bond donors (Lipinski definition) is 1. The van der Waals surface area contributed by atoms with Gasteiger partial charge in [-0.25, -0.2) is 4.98 Å². The number of carbonyl (C=O) groups is 1. The molecule has 1 atom stereocenters. The van der Waals surface area contributed by atoms with Gasteiger partial charge in [0.15, 0.2) is 16.6 Å². The molecule has 8 nitrogen and oxygen atoms in total. The molecule has 0 saturated heterocycles. The van der Waals surface area contributed by atoms with Crippen LogP contribution >= 0.6 is 23.1 Å². The van der Waals surface area contributed by atoms with E-state index >= 15 is 0 Å². The largest absolute Gasteiger partial charge is 0.454 e. The summed E-state index contributed by atoms with van der Waals surface area (Å²) in [7, 11) is 0. The number of aromatic nitrogens is 3. The molecule has 2 aromatic heterocycles. The average molecular weight is 453 g/mol. The summed E-state index contributed by atoms with van der Waals surface area (Å²) in [6.07, 6.45) is 0. The Morgan fingerprint density at radius 3 is 2.81 bits per heavy atom. The van der Waals surface area contributed by atoms with Crippen LogP contribution in [0.5, 0.6) is 11.5 Å². The summed E-state index contributed by atoms with van der Waals surface area (Å²) in [5, 5.41) is 13.3. The smallest absolute Gasteiger partial charge is 0.277 e. The summed E-state index contributed by atoms with van der Waals surface area (Å²) in [4.78, 5) is 17.1. The fourth-order valence-corrected chi connectivity index (χ4v) is 4.29. The summed E-state index contributed by atoms with van der Waals surface area (Å²) < 4.78 is 16.4. The number of thiazole rings is 1. The molecule has 1 aliphatic heterocycles. The first-order valence-electron chi connectivity index (χ1n) is 9.38. The lowest BCUT2D eigenvalue weighted by molar-refractivity contribution is -0.115. The van der Waals surface area contributed by atoms with Crippen molar-refractivity contribution in [1.82, 2.24) is 15.2 Å². The quantitative estimate of drug-likeness (QED) is 0.420. The first-order valence-corrected chi connectivity index (χ1v) is 11.1. The van der Waals surface area contributed by atoms with Crippen LogP contribution in [0.3, 0.4) is 0 Å². The third-order valence-corrected chi connectivity index (χ3v) is 6.17. The van der Waals surface area contributed by atoms with Gasteiger partial charge >= 0.3 is 0 Å². The molecule has 31 heavy (non-hydrogen) atoms. The van der Waals surface area contributed by atoms with Crippen molar-refractivity contribution in [2.75, 3.05) is 12.1 Å². The Morgan fingerprint density at radius 1 is 1.10 bits per heavy atom. The highest BCUT2D eigenvalue weighted by atomic mass is 32.2. The first kappa shape index (κ1) is 19.6. The summed E-state index contributed by atoms with van der Waals surface area (Å²) in [6.45, 7) is 1.97.